The van der Waals surface area contributed by atoms with Gasteiger partial charge in [0.15, 0.2) is 0 Å². The van der Waals surface area contributed by atoms with Crippen LogP contribution in [0.2, 0.25) is 0 Å². The summed E-state index contributed by atoms with van der Waals surface area (Å²) in [4.78, 5) is 13.7. The highest BCUT2D eigenvalue weighted by molar-refractivity contribution is 5.84. The Morgan fingerprint density at radius 3 is 2.66 bits per heavy atom. The van der Waals surface area contributed by atoms with Gasteiger partial charge >= 0.3 is 5.97 Å². The van der Waals surface area contributed by atoms with Crippen molar-refractivity contribution < 1.29 is 14.3 Å². The number of para-hydroxylation sites is 1. The molecule has 0 fully saturated rings. The van der Waals surface area contributed by atoms with Crippen LogP contribution in [0.5, 0.6) is 5.75 Å². The molecule has 0 N–H and O–H groups in total. The fourth-order valence-corrected chi connectivity index (χ4v) is 3.67. The van der Waals surface area contributed by atoms with Crippen LogP contribution in [0, 0.1) is 0 Å². The molecule has 1 heterocycles. The van der Waals surface area contributed by atoms with Crippen molar-refractivity contribution in [2.45, 2.75) is 39.2 Å². The number of carbonyl (C=O) groups is 1. The molecule has 0 spiro atoms. The SMILES string of the molecule is CCOC(=O)CCCCN(C)CC/C=C1/c2ccccc2COc2ccccc21. The van der Waals surface area contributed by atoms with Crippen LogP contribution in [0.4, 0.5) is 0 Å². The van der Waals surface area contributed by atoms with Crippen LogP contribution < -0.4 is 4.74 Å². The highest BCUT2D eigenvalue weighted by atomic mass is 16.5. The first-order valence-electron chi connectivity index (χ1n) is 10.5. The zero-order chi connectivity index (χ0) is 20.5. The molecule has 0 unspecified atom stereocenters. The smallest absolute Gasteiger partial charge is 0.305 e. The molecule has 3 rings (SSSR count). The van der Waals surface area contributed by atoms with E-state index in [0.29, 0.717) is 19.6 Å². The lowest BCUT2D eigenvalue weighted by atomic mass is 9.93. The summed E-state index contributed by atoms with van der Waals surface area (Å²) in [6, 6.07) is 16.8. The van der Waals surface area contributed by atoms with Crippen molar-refractivity contribution >= 4 is 11.5 Å². The minimum absolute atomic E-state index is 0.0900. The molecule has 0 radical (unpaired) electrons. The van der Waals surface area contributed by atoms with Gasteiger partial charge in [0.05, 0.1) is 6.61 Å². The number of ether oxygens (including phenoxy) is 2. The zero-order valence-electron chi connectivity index (χ0n) is 17.5. The fourth-order valence-electron chi connectivity index (χ4n) is 3.67. The van der Waals surface area contributed by atoms with Crippen molar-refractivity contribution in [2.24, 2.45) is 0 Å². The third kappa shape index (κ3) is 5.94. The number of unbranched alkanes of at least 4 members (excludes halogenated alkanes) is 1. The number of hydrogen-bond donors (Lipinski definition) is 0. The molecule has 154 valence electrons. The molecule has 29 heavy (non-hydrogen) atoms. The van der Waals surface area contributed by atoms with Gasteiger partial charge in [0.2, 0.25) is 0 Å². The van der Waals surface area contributed by atoms with Crippen LogP contribution in [0.15, 0.2) is 54.6 Å². The average molecular weight is 394 g/mol. The number of esters is 1. The number of nitrogens with zero attached hydrogens (tertiary/aromatic N) is 1. The van der Waals surface area contributed by atoms with Crippen molar-refractivity contribution in [3.05, 3.63) is 71.3 Å². The van der Waals surface area contributed by atoms with E-state index in [9.17, 15) is 4.79 Å². The van der Waals surface area contributed by atoms with E-state index in [1.165, 1.54) is 16.7 Å². The largest absolute Gasteiger partial charge is 0.488 e. The second-order valence-electron chi connectivity index (χ2n) is 7.41. The van der Waals surface area contributed by atoms with Gasteiger partial charge in [0, 0.05) is 18.5 Å². The van der Waals surface area contributed by atoms with Gasteiger partial charge in [-0.2, -0.15) is 0 Å². The van der Waals surface area contributed by atoms with Crippen LogP contribution in [0.3, 0.4) is 0 Å². The Morgan fingerprint density at radius 1 is 1.07 bits per heavy atom. The van der Waals surface area contributed by atoms with Gasteiger partial charge in [-0.25, -0.2) is 0 Å². The van der Waals surface area contributed by atoms with Gasteiger partial charge in [0.25, 0.3) is 0 Å². The topological polar surface area (TPSA) is 38.8 Å². The first-order chi connectivity index (χ1) is 14.2. The Morgan fingerprint density at radius 2 is 1.83 bits per heavy atom. The molecule has 0 amide bonds. The van der Waals surface area contributed by atoms with E-state index >= 15 is 0 Å². The number of carbonyl (C=O) groups excluding carboxylic acids is 1. The number of benzene rings is 2. The van der Waals surface area contributed by atoms with E-state index in [1.54, 1.807) is 0 Å². The zero-order valence-corrected chi connectivity index (χ0v) is 17.5. The summed E-state index contributed by atoms with van der Waals surface area (Å²) in [5, 5.41) is 0. The lowest BCUT2D eigenvalue weighted by Gasteiger charge is -2.16. The monoisotopic (exact) mass is 393 g/mol. The summed E-state index contributed by atoms with van der Waals surface area (Å²) in [6.45, 7) is 4.87. The fraction of sp³-hybridized carbons (Fsp3) is 0.400. The number of hydrogen-bond acceptors (Lipinski definition) is 4. The molecule has 0 atom stereocenters. The van der Waals surface area contributed by atoms with Gasteiger partial charge in [-0.15, -0.1) is 0 Å². The Bertz CT molecular complexity index is 794. The lowest BCUT2D eigenvalue weighted by Crippen LogP contribution is -2.20. The second-order valence-corrected chi connectivity index (χ2v) is 7.41. The van der Waals surface area contributed by atoms with E-state index < -0.39 is 0 Å². The van der Waals surface area contributed by atoms with E-state index in [2.05, 4.69) is 54.4 Å². The number of fused-ring (bicyclic) bond motifs is 2. The van der Waals surface area contributed by atoms with Gasteiger partial charge in [-0.3, -0.25) is 4.79 Å². The minimum Gasteiger partial charge on any atom is -0.488 e. The predicted octanol–water partition coefficient (Wildman–Crippen LogP) is 5.07. The Hall–Kier alpha value is -2.59. The van der Waals surface area contributed by atoms with E-state index in [-0.39, 0.29) is 5.97 Å². The average Bonchev–Trinajstić information content (AvgIpc) is 2.89. The molecule has 0 saturated carbocycles. The standard InChI is InChI=1S/C25H31NO3/c1-3-28-25(27)16-8-9-17-26(2)18-10-14-22-21-12-5-4-11-20(21)19-29-24-15-7-6-13-23(22)24/h4-7,11-15H,3,8-10,16-19H2,1-2H3/b22-14-. The molecule has 0 saturated heterocycles. The first-order valence-corrected chi connectivity index (χ1v) is 10.5. The van der Waals surface area contributed by atoms with Gasteiger partial charge < -0.3 is 14.4 Å². The normalized spacial score (nSPS) is 14.1. The molecular formula is C25H31NO3. The molecule has 4 heteroatoms. The van der Waals surface area contributed by atoms with Gasteiger partial charge in [-0.05, 0) is 62.5 Å². The minimum atomic E-state index is -0.0900. The molecule has 4 nitrogen and oxygen atoms in total. The second kappa shape index (κ2) is 10.8. The van der Waals surface area contributed by atoms with Crippen molar-refractivity contribution in [3.8, 4) is 5.75 Å². The molecule has 1 aliphatic rings. The molecule has 2 aromatic carbocycles. The molecule has 1 aliphatic heterocycles. The quantitative estimate of drug-likeness (QED) is 0.441. The van der Waals surface area contributed by atoms with Crippen molar-refractivity contribution in [2.75, 3.05) is 26.7 Å². The summed E-state index contributed by atoms with van der Waals surface area (Å²) in [6.07, 6.45) is 5.70. The number of rotatable bonds is 9. The van der Waals surface area contributed by atoms with Crippen LogP contribution >= 0.6 is 0 Å². The maximum absolute atomic E-state index is 11.4. The summed E-state index contributed by atoms with van der Waals surface area (Å²) in [5.41, 5.74) is 4.90. The summed E-state index contributed by atoms with van der Waals surface area (Å²) >= 11 is 0. The Balaban J connectivity index is 1.59. The molecule has 0 aliphatic carbocycles. The molecule has 0 bridgehead atoms. The molecular weight excluding hydrogens is 362 g/mol. The van der Waals surface area contributed by atoms with Crippen molar-refractivity contribution in [3.63, 3.8) is 0 Å². The third-order valence-corrected chi connectivity index (χ3v) is 5.20. The van der Waals surface area contributed by atoms with Crippen molar-refractivity contribution in [1.82, 2.24) is 4.90 Å². The molecule has 2 aromatic rings. The maximum Gasteiger partial charge on any atom is 0.305 e. The van der Waals surface area contributed by atoms with Gasteiger partial charge in [-0.1, -0.05) is 48.5 Å². The van der Waals surface area contributed by atoms with Crippen LogP contribution in [-0.4, -0.2) is 37.6 Å². The Labute approximate surface area is 174 Å². The third-order valence-electron chi connectivity index (χ3n) is 5.20. The summed E-state index contributed by atoms with van der Waals surface area (Å²) in [5.74, 6) is 0.857. The Kier molecular flexibility index (Phi) is 7.88. The lowest BCUT2D eigenvalue weighted by molar-refractivity contribution is -0.143. The predicted molar refractivity (Wildman–Crippen MR) is 117 cm³/mol. The van der Waals surface area contributed by atoms with Crippen LogP contribution in [-0.2, 0) is 16.1 Å². The summed E-state index contributed by atoms with van der Waals surface area (Å²) < 4.78 is 11.0. The highest BCUT2D eigenvalue weighted by Crippen LogP contribution is 2.36. The van der Waals surface area contributed by atoms with Crippen LogP contribution in [0.1, 0.15) is 49.3 Å². The summed E-state index contributed by atoms with van der Waals surface area (Å²) in [7, 11) is 2.14. The highest BCUT2D eigenvalue weighted by Gasteiger charge is 2.18. The van der Waals surface area contributed by atoms with E-state index in [4.69, 9.17) is 9.47 Å². The van der Waals surface area contributed by atoms with Gasteiger partial charge in [0.1, 0.15) is 12.4 Å². The first kappa shape index (κ1) is 21.1. The van der Waals surface area contributed by atoms with Crippen LogP contribution in [0.25, 0.3) is 5.57 Å². The van der Waals surface area contributed by atoms with E-state index in [0.717, 1.165) is 43.7 Å². The van der Waals surface area contributed by atoms with E-state index in [1.807, 2.05) is 19.1 Å². The van der Waals surface area contributed by atoms with Crippen molar-refractivity contribution in [1.29, 1.82) is 0 Å². The maximum atomic E-state index is 11.4. The molecule has 0 aromatic heterocycles.